The number of hydrogen-bond donors (Lipinski definition) is 1. The first-order chi connectivity index (χ1) is 18.2. The highest BCUT2D eigenvalue weighted by molar-refractivity contribution is 7.87. The maximum Gasteiger partial charge on any atom is 0.162 e. The van der Waals surface area contributed by atoms with Crippen LogP contribution in [0.4, 0.5) is 11.5 Å². The van der Waals surface area contributed by atoms with Crippen molar-refractivity contribution in [2.45, 2.75) is 6.92 Å². The van der Waals surface area contributed by atoms with Crippen molar-refractivity contribution in [1.82, 2.24) is 9.89 Å². The van der Waals surface area contributed by atoms with Gasteiger partial charge in [-0.1, -0.05) is 121 Å². The number of rotatable bonds is 6. The Morgan fingerprint density at radius 3 is 1.62 bits per heavy atom. The van der Waals surface area contributed by atoms with Gasteiger partial charge in [-0.05, 0) is 31.2 Å². The lowest BCUT2D eigenvalue weighted by atomic mass is 10.2. The first-order valence-electron chi connectivity index (χ1n) is 12.3. The Hall–Kier alpha value is -4.40. The van der Waals surface area contributed by atoms with Crippen LogP contribution in [0.25, 0.3) is 10.9 Å². The lowest BCUT2D eigenvalue weighted by Gasteiger charge is -2.26. The number of fused-ring (bicyclic) bond motifs is 1. The van der Waals surface area contributed by atoms with Crippen molar-refractivity contribution >= 4 is 45.4 Å². The minimum absolute atomic E-state index is 0.853. The van der Waals surface area contributed by atoms with E-state index in [1.54, 1.807) is 0 Å². The molecule has 1 N–H and O–H groups in total. The van der Waals surface area contributed by atoms with Crippen LogP contribution in [0.5, 0.6) is 0 Å². The molecule has 0 aliphatic heterocycles. The lowest BCUT2D eigenvalue weighted by Crippen LogP contribution is -2.26. The molecule has 5 aromatic carbocycles. The van der Waals surface area contributed by atoms with Crippen molar-refractivity contribution in [2.24, 2.45) is 4.85 Å². The zero-order valence-electron chi connectivity index (χ0n) is 20.6. The van der Waals surface area contributed by atoms with Crippen molar-refractivity contribution in [1.29, 1.82) is 0 Å². The Bertz CT molecular complexity index is 1590. The largest absolute Gasteiger partial charge is 0.338 e. The average molecular weight is 499 g/mol. The average Bonchev–Trinajstić information content (AvgIpc) is 3.31. The summed E-state index contributed by atoms with van der Waals surface area (Å²) in [6.07, 6.45) is 0. The smallest absolute Gasteiger partial charge is 0.162 e. The first-order valence-corrected chi connectivity index (χ1v) is 14.1. The summed E-state index contributed by atoms with van der Waals surface area (Å²) in [7, 11) is -2.48. The number of nitrogens with zero attached hydrogens (tertiary/aromatic N) is 3. The molecule has 6 rings (SSSR count). The van der Waals surface area contributed by atoms with Crippen LogP contribution < -0.4 is 21.2 Å². The van der Waals surface area contributed by atoms with E-state index in [0.29, 0.717) is 0 Å². The quantitative estimate of drug-likeness (QED) is 0.251. The summed E-state index contributed by atoms with van der Waals surface area (Å²) >= 11 is 0. The molecule has 0 bridgehead atoms. The highest BCUT2D eigenvalue weighted by Crippen LogP contribution is 2.47. The molecule has 0 spiro atoms. The monoisotopic (exact) mass is 498 g/mol. The van der Waals surface area contributed by atoms with Crippen LogP contribution in [-0.2, 0) is 0 Å². The molecule has 0 radical (unpaired) electrons. The number of benzene rings is 5. The summed E-state index contributed by atoms with van der Waals surface area (Å²) < 4.78 is 0. The van der Waals surface area contributed by atoms with Crippen LogP contribution in [0.15, 0.2) is 144 Å². The maximum atomic E-state index is 5.61. The minimum atomic E-state index is -2.48. The summed E-state index contributed by atoms with van der Waals surface area (Å²) in [6.45, 7) is 2.09. The van der Waals surface area contributed by atoms with E-state index in [-0.39, 0.29) is 0 Å². The standard InChI is InChI=1S/C32H27N4P/c1-25-21-23-26(24-22-25)33-32-30-19-11-12-20-31(30)34-36(32)35-37(27-13-5-2-6-14-27,28-15-7-3-8-16-28)29-17-9-4-10-18-29/h2-24,33H,1H3. The molecule has 1 heterocycles. The normalized spacial score (nSPS) is 11.4. The number of hydrogen-bond acceptors (Lipinski definition) is 3. The van der Waals surface area contributed by atoms with E-state index in [9.17, 15) is 0 Å². The Morgan fingerprint density at radius 1 is 0.595 bits per heavy atom. The van der Waals surface area contributed by atoms with E-state index >= 15 is 0 Å². The fraction of sp³-hybridized carbons (Fsp3) is 0.0312. The van der Waals surface area contributed by atoms with Crippen LogP contribution >= 0.6 is 7.05 Å². The van der Waals surface area contributed by atoms with Gasteiger partial charge in [-0.3, -0.25) is 0 Å². The number of anilines is 2. The molecule has 0 fully saturated rings. The first kappa shape index (κ1) is 23.0. The Morgan fingerprint density at radius 2 is 1.08 bits per heavy atom. The molecule has 180 valence electrons. The van der Waals surface area contributed by atoms with E-state index in [0.717, 1.165) is 22.4 Å². The van der Waals surface area contributed by atoms with Crippen molar-refractivity contribution in [3.8, 4) is 0 Å². The molecule has 0 unspecified atom stereocenters. The topological polar surface area (TPSA) is 42.2 Å². The fourth-order valence-electron chi connectivity index (χ4n) is 4.64. The molecular weight excluding hydrogens is 471 g/mol. The second-order valence-corrected chi connectivity index (χ2v) is 12.0. The van der Waals surface area contributed by atoms with Gasteiger partial charge < -0.3 is 5.32 Å². The van der Waals surface area contributed by atoms with Crippen LogP contribution in [0.3, 0.4) is 0 Å². The predicted octanol–water partition coefficient (Wildman–Crippen LogP) is 7.03. The Balaban J connectivity index is 1.69. The van der Waals surface area contributed by atoms with Gasteiger partial charge in [0.1, 0.15) is 0 Å². The molecule has 0 aliphatic carbocycles. The van der Waals surface area contributed by atoms with Gasteiger partial charge in [-0.15, -0.1) is 9.89 Å². The van der Waals surface area contributed by atoms with Crippen molar-refractivity contribution in [3.63, 3.8) is 0 Å². The number of nitrogens with one attached hydrogen (secondary N) is 1. The maximum absolute atomic E-state index is 5.61. The molecule has 0 saturated carbocycles. The van der Waals surface area contributed by atoms with Gasteiger partial charge in [0.15, 0.2) is 5.82 Å². The second-order valence-electron chi connectivity index (χ2n) is 8.98. The summed E-state index contributed by atoms with van der Waals surface area (Å²) in [5.74, 6) is 0.853. The number of aromatic nitrogens is 2. The molecule has 6 aromatic rings. The van der Waals surface area contributed by atoms with Gasteiger partial charge in [0.25, 0.3) is 0 Å². The van der Waals surface area contributed by atoms with Crippen LogP contribution in [0, 0.1) is 6.92 Å². The third-order valence-electron chi connectivity index (χ3n) is 6.48. The van der Waals surface area contributed by atoms with Gasteiger partial charge in [-0.2, -0.15) is 4.85 Å². The highest BCUT2D eigenvalue weighted by Gasteiger charge is 2.29. The zero-order chi connectivity index (χ0) is 25.1. The molecular formula is C32H27N4P. The van der Waals surface area contributed by atoms with E-state index < -0.39 is 7.05 Å². The van der Waals surface area contributed by atoms with Crippen LogP contribution in [-0.4, -0.2) is 9.89 Å². The molecule has 1 aromatic heterocycles. The molecule has 0 saturated heterocycles. The predicted molar refractivity (Wildman–Crippen MR) is 157 cm³/mol. The molecule has 0 atom stereocenters. The van der Waals surface area contributed by atoms with E-state index in [1.807, 2.05) is 23.0 Å². The minimum Gasteiger partial charge on any atom is -0.338 e. The molecule has 5 heteroatoms. The van der Waals surface area contributed by atoms with Crippen molar-refractivity contribution in [3.05, 3.63) is 145 Å². The molecule has 0 amide bonds. The van der Waals surface area contributed by atoms with E-state index in [4.69, 9.17) is 9.95 Å². The third kappa shape index (κ3) is 4.37. The summed E-state index contributed by atoms with van der Waals surface area (Å²) in [6, 6.07) is 48.5. The van der Waals surface area contributed by atoms with Crippen molar-refractivity contribution < 1.29 is 0 Å². The van der Waals surface area contributed by atoms with E-state index in [2.05, 4.69) is 134 Å². The van der Waals surface area contributed by atoms with Gasteiger partial charge >= 0.3 is 0 Å². The van der Waals surface area contributed by atoms with Crippen LogP contribution in [0.1, 0.15) is 5.56 Å². The Labute approximate surface area is 217 Å². The lowest BCUT2D eigenvalue weighted by molar-refractivity contribution is 0.772. The summed E-state index contributed by atoms with van der Waals surface area (Å²) in [5.41, 5.74) is 3.11. The van der Waals surface area contributed by atoms with Crippen molar-refractivity contribution in [2.75, 3.05) is 5.32 Å². The second kappa shape index (κ2) is 9.93. The Kier molecular flexibility index (Phi) is 6.18. The van der Waals surface area contributed by atoms with Gasteiger partial charge in [0.05, 0.1) is 12.6 Å². The van der Waals surface area contributed by atoms with Crippen LogP contribution in [0.2, 0.25) is 0 Å². The summed E-state index contributed by atoms with van der Waals surface area (Å²) in [4.78, 5) is 7.43. The molecule has 4 nitrogen and oxygen atoms in total. The third-order valence-corrected chi connectivity index (χ3v) is 10.1. The van der Waals surface area contributed by atoms with E-state index in [1.165, 1.54) is 21.5 Å². The fourth-order valence-corrected chi connectivity index (χ4v) is 8.04. The van der Waals surface area contributed by atoms with Gasteiger partial charge in [0.2, 0.25) is 0 Å². The zero-order valence-corrected chi connectivity index (χ0v) is 21.5. The van der Waals surface area contributed by atoms with Gasteiger partial charge in [-0.25, -0.2) is 0 Å². The number of aryl methyl sites for hydroxylation is 1. The molecule has 0 aliphatic rings. The van der Waals surface area contributed by atoms with Gasteiger partial charge in [0, 0.05) is 27.0 Å². The molecule has 37 heavy (non-hydrogen) atoms. The summed E-state index contributed by atoms with van der Waals surface area (Å²) in [5, 5.41) is 13.2. The SMILES string of the molecule is Cc1ccc(Nc2c3ccccc3nn2N=P(c2ccccc2)(c2ccccc2)c2ccccc2)cc1. The highest BCUT2D eigenvalue weighted by atomic mass is 31.2.